The van der Waals surface area contributed by atoms with Gasteiger partial charge in [-0.2, -0.15) is 5.10 Å². The van der Waals surface area contributed by atoms with Crippen LogP contribution in [0.15, 0.2) is 12.4 Å². The molecule has 0 atom stereocenters. The second kappa shape index (κ2) is 5.19. The fourth-order valence-electron chi connectivity index (χ4n) is 2.08. The average molecular weight is 242 g/mol. The Labute approximate surface area is 102 Å². The van der Waals surface area contributed by atoms with Crippen LogP contribution in [0.5, 0.6) is 0 Å². The van der Waals surface area contributed by atoms with Crippen molar-refractivity contribution in [2.24, 2.45) is 12.5 Å². The van der Waals surface area contributed by atoms with Crippen LogP contribution in [-0.4, -0.2) is 28.8 Å². The van der Waals surface area contributed by atoms with E-state index in [-0.39, 0.29) is 0 Å². The van der Waals surface area contributed by atoms with Crippen LogP contribution in [0.25, 0.3) is 0 Å². The molecule has 0 bridgehead atoms. The van der Waals surface area contributed by atoms with E-state index in [1.807, 2.05) is 17.9 Å². The molecule has 1 N–H and O–H groups in total. The molecule has 0 aliphatic heterocycles. The van der Waals surface area contributed by atoms with Crippen LogP contribution < -0.4 is 5.32 Å². The van der Waals surface area contributed by atoms with Crippen LogP contribution in [-0.2, 0) is 13.5 Å². The summed E-state index contributed by atoms with van der Waals surface area (Å²) < 4.78 is 1.85. The summed E-state index contributed by atoms with van der Waals surface area (Å²) in [5.74, 6) is 0.796. The van der Waals surface area contributed by atoms with Crippen LogP contribution >= 0.6 is 11.6 Å². The minimum absolute atomic E-state index is 0.538. The number of aryl methyl sites for hydroxylation is 1. The highest BCUT2D eigenvalue weighted by atomic mass is 35.5. The fraction of sp³-hybridized carbons (Fsp3) is 0.750. The molecule has 1 fully saturated rings. The molecule has 1 heterocycles. The van der Waals surface area contributed by atoms with Crippen molar-refractivity contribution in [3.05, 3.63) is 18.0 Å². The summed E-state index contributed by atoms with van der Waals surface area (Å²) >= 11 is 5.80. The Balaban J connectivity index is 1.62. The molecule has 2 rings (SSSR count). The van der Waals surface area contributed by atoms with Crippen LogP contribution in [0, 0.1) is 5.41 Å². The third-order valence-electron chi connectivity index (χ3n) is 3.43. The Morgan fingerprint density at radius 2 is 2.38 bits per heavy atom. The summed E-state index contributed by atoms with van der Waals surface area (Å²) in [7, 11) is 1.95. The SMILES string of the molecule is Cn1cc(CCNCC2(CCCl)CC2)cn1. The van der Waals surface area contributed by atoms with Gasteiger partial charge in [0.2, 0.25) is 0 Å². The van der Waals surface area contributed by atoms with E-state index in [1.54, 1.807) is 0 Å². The van der Waals surface area contributed by atoms with Crippen molar-refractivity contribution in [1.82, 2.24) is 15.1 Å². The van der Waals surface area contributed by atoms with Crippen LogP contribution in [0.1, 0.15) is 24.8 Å². The smallest absolute Gasteiger partial charge is 0.0522 e. The van der Waals surface area contributed by atoms with Gasteiger partial charge < -0.3 is 5.32 Å². The topological polar surface area (TPSA) is 29.9 Å². The number of nitrogens with zero attached hydrogens (tertiary/aromatic N) is 2. The van der Waals surface area contributed by atoms with Gasteiger partial charge in [-0.25, -0.2) is 0 Å². The lowest BCUT2D eigenvalue weighted by Crippen LogP contribution is -2.26. The molecule has 16 heavy (non-hydrogen) atoms. The first kappa shape index (κ1) is 11.9. The normalized spacial score (nSPS) is 17.6. The highest BCUT2D eigenvalue weighted by Gasteiger charge is 2.40. The summed E-state index contributed by atoms with van der Waals surface area (Å²) in [4.78, 5) is 0. The van der Waals surface area contributed by atoms with Gasteiger partial charge in [0.05, 0.1) is 6.20 Å². The molecule has 0 amide bonds. The predicted molar refractivity (Wildman–Crippen MR) is 66.8 cm³/mol. The molecule has 0 aromatic carbocycles. The zero-order chi connectivity index (χ0) is 11.4. The van der Waals surface area contributed by atoms with Gasteiger partial charge >= 0.3 is 0 Å². The Bertz CT molecular complexity index is 331. The van der Waals surface area contributed by atoms with Crippen molar-refractivity contribution in [3.8, 4) is 0 Å². The van der Waals surface area contributed by atoms with E-state index < -0.39 is 0 Å². The van der Waals surface area contributed by atoms with Crippen molar-refractivity contribution in [2.75, 3.05) is 19.0 Å². The number of nitrogens with one attached hydrogen (secondary N) is 1. The van der Waals surface area contributed by atoms with Gasteiger partial charge in [-0.05, 0) is 43.2 Å². The zero-order valence-corrected chi connectivity index (χ0v) is 10.6. The lowest BCUT2D eigenvalue weighted by molar-refractivity contribution is 0.448. The molecule has 4 heteroatoms. The summed E-state index contributed by atoms with van der Waals surface area (Å²) in [5, 5.41) is 7.69. The van der Waals surface area contributed by atoms with Gasteiger partial charge in [0, 0.05) is 25.7 Å². The first-order valence-corrected chi connectivity index (χ1v) is 6.52. The standard InChI is InChI=1S/C12H20ClN3/c1-16-9-11(8-15-16)2-7-14-10-12(3-4-12)5-6-13/h8-9,14H,2-7,10H2,1H3. The van der Waals surface area contributed by atoms with Gasteiger partial charge in [0.25, 0.3) is 0 Å². The molecule has 90 valence electrons. The molecule has 1 saturated carbocycles. The molecule has 0 saturated heterocycles. The van der Waals surface area contributed by atoms with Crippen LogP contribution in [0.4, 0.5) is 0 Å². The van der Waals surface area contributed by atoms with Crippen molar-refractivity contribution < 1.29 is 0 Å². The fourth-order valence-corrected chi connectivity index (χ4v) is 2.48. The molecule has 1 aliphatic rings. The molecule has 1 aromatic heterocycles. The number of rotatable bonds is 7. The zero-order valence-electron chi connectivity index (χ0n) is 9.88. The third-order valence-corrected chi connectivity index (χ3v) is 3.62. The lowest BCUT2D eigenvalue weighted by Gasteiger charge is -2.13. The van der Waals surface area contributed by atoms with E-state index >= 15 is 0 Å². The van der Waals surface area contributed by atoms with E-state index in [2.05, 4.69) is 16.6 Å². The number of alkyl halides is 1. The van der Waals surface area contributed by atoms with Gasteiger partial charge in [-0.3, -0.25) is 4.68 Å². The van der Waals surface area contributed by atoms with Gasteiger partial charge in [-0.15, -0.1) is 11.6 Å². The van der Waals surface area contributed by atoms with E-state index in [9.17, 15) is 0 Å². The maximum atomic E-state index is 5.80. The minimum Gasteiger partial charge on any atom is -0.316 e. The largest absolute Gasteiger partial charge is 0.316 e. The van der Waals surface area contributed by atoms with E-state index in [1.165, 1.54) is 18.4 Å². The number of hydrogen-bond donors (Lipinski definition) is 1. The summed E-state index contributed by atoms with van der Waals surface area (Å²) in [6, 6.07) is 0. The molecule has 0 unspecified atom stereocenters. The van der Waals surface area contributed by atoms with E-state index in [0.717, 1.165) is 31.8 Å². The van der Waals surface area contributed by atoms with E-state index in [4.69, 9.17) is 11.6 Å². The van der Waals surface area contributed by atoms with Crippen LogP contribution in [0.3, 0.4) is 0 Å². The third kappa shape index (κ3) is 3.22. The Hall–Kier alpha value is -0.540. The molecule has 0 radical (unpaired) electrons. The van der Waals surface area contributed by atoms with E-state index in [0.29, 0.717) is 5.41 Å². The minimum atomic E-state index is 0.538. The quantitative estimate of drug-likeness (QED) is 0.584. The highest BCUT2D eigenvalue weighted by molar-refractivity contribution is 6.17. The maximum Gasteiger partial charge on any atom is 0.0522 e. The average Bonchev–Trinajstić information content (AvgIpc) is 2.90. The maximum absolute atomic E-state index is 5.80. The Kier molecular flexibility index (Phi) is 3.87. The second-order valence-corrected chi connectivity index (χ2v) is 5.27. The van der Waals surface area contributed by atoms with Crippen molar-refractivity contribution in [1.29, 1.82) is 0 Å². The van der Waals surface area contributed by atoms with Crippen molar-refractivity contribution >= 4 is 11.6 Å². The predicted octanol–water partition coefficient (Wildman–Crippen LogP) is 1.96. The molecular weight excluding hydrogens is 222 g/mol. The van der Waals surface area contributed by atoms with Crippen molar-refractivity contribution in [2.45, 2.75) is 25.7 Å². The summed E-state index contributed by atoms with van der Waals surface area (Å²) in [5.41, 5.74) is 1.84. The van der Waals surface area contributed by atoms with Gasteiger partial charge in [-0.1, -0.05) is 0 Å². The number of halogens is 1. The second-order valence-electron chi connectivity index (χ2n) is 4.89. The van der Waals surface area contributed by atoms with Gasteiger partial charge in [0.15, 0.2) is 0 Å². The molecule has 3 nitrogen and oxygen atoms in total. The monoisotopic (exact) mass is 241 g/mol. The molecule has 1 aliphatic carbocycles. The molecule has 1 aromatic rings. The number of aromatic nitrogens is 2. The molecule has 0 spiro atoms. The highest BCUT2D eigenvalue weighted by Crippen LogP contribution is 2.48. The Morgan fingerprint density at radius 3 is 2.94 bits per heavy atom. The summed E-state index contributed by atoms with van der Waals surface area (Å²) in [6.07, 6.45) is 8.93. The van der Waals surface area contributed by atoms with Gasteiger partial charge in [0.1, 0.15) is 0 Å². The first-order chi connectivity index (χ1) is 7.74. The van der Waals surface area contributed by atoms with Crippen molar-refractivity contribution in [3.63, 3.8) is 0 Å². The lowest BCUT2D eigenvalue weighted by atomic mass is 10.0. The summed E-state index contributed by atoms with van der Waals surface area (Å²) in [6.45, 7) is 2.16. The van der Waals surface area contributed by atoms with Crippen LogP contribution in [0.2, 0.25) is 0 Å². The first-order valence-electron chi connectivity index (χ1n) is 5.98. The molecular formula is C12H20ClN3. The number of hydrogen-bond acceptors (Lipinski definition) is 2. The Morgan fingerprint density at radius 1 is 1.56 bits per heavy atom.